The Morgan fingerprint density at radius 2 is 1.84 bits per heavy atom. The first-order valence-corrected chi connectivity index (χ1v) is 11.3. The first kappa shape index (κ1) is 21.5. The van der Waals surface area contributed by atoms with Crippen LogP contribution < -0.4 is 4.74 Å². The van der Waals surface area contributed by atoms with Gasteiger partial charge in [0.1, 0.15) is 10.8 Å². The molecule has 1 fully saturated rings. The molecule has 0 radical (unpaired) electrons. The van der Waals surface area contributed by atoms with Gasteiger partial charge in [-0.05, 0) is 62.3 Å². The number of hydrogen-bond donors (Lipinski definition) is 0. The minimum Gasteiger partial charge on any atom is -0.497 e. The number of methoxy groups -OCH3 is 1. The second-order valence-electron chi connectivity index (χ2n) is 7.97. The predicted molar refractivity (Wildman–Crippen MR) is 123 cm³/mol. The van der Waals surface area contributed by atoms with Gasteiger partial charge in [0.25, 0.3) is 0 Å². The first-order valence-electron chi connectivity index (χ1n) is 10.5. The molecular formula is C24H27N3O3S. The van der Waals surface area contributed by atoms with Crippen LogP contribution in [0, 0.1) is 5.92 Å². The number of nitrogens with zero attached hydrogens (tertiary/aromatic N) is 3. The maximum absolute atomic E-state index is 12.8. The van der Waals surface area contributed by atoms with E-state index in [1.165, 1.54) is 0 Å². The second kappa shape index (κ2) is 9.58. The minimum atomic E-state index is 0.0141. The van der Waals surface area contributed by atoms with Crippen LogP contribution in [0.1, 0.15) is 28.2 Å². The van der Waals surface area contributed by atoms with E-state index >= 15 is 0 Å². The third-order valence-corrected chi connectivity index (χ3v) is 6.85. The predicted octanol–water partition coefficient (Wildman–Crippen LogP) is 3.86. The summed E-state index contributed by atoms with van der Waals surface area (Å²) in [6.45, 7) is 2.41. The highest BCUT2D eigenvalue weighted by atomic mass is 32.1. The van der Waals surface area contributed by atoms with Gasteiger partial charge in [-0.25, -0.2) is 4.98 Å². The number of ether oxygens (including phenoxy) is 1. The smallest absolute Gasteiger partial charge is 0.236 e. The molecule has 0 aliphatic carbocycles. The minimum absolute atomic E-state index is 0.0141. The summed E-state index contributed by atoms with van der Waals surface area (Å²) < 4.78 is 6.30. The van der Waals surface area contributed by atoms with E-state index in [2.05, 4.69) is 16.0 Å². The SMILES string of the molecule is COc1ccc(C(=O)C2CCN(CC(=O)N(C)Cc3nc4ccccc4s3)CC2)cc1. The van der Waals surface area contributed by atoms with E-state index in [4.69, 9.17) is 4.74 Å². The van der Waals surface area contributed by atoms with E-state index in [1.54, 1.807) is 23.3 Å². The van der Waals surface area contributed by atoms with E-state index in [-0.39, 0.29) is 17.6 Å². The van der Waals surface area contributed by atoms with Gasteiger partial charge in [0.2, 0.25) is 5.91 Å². The summed E-state index contributed by atoms with van der Waals surface area (Å²) in [5, 5.41) is 0.945. The van der Waals surface area contributed by atoms with E-state index in [1.807, 2.05) is 49.5 Å². The molecular weight excluding hydrogens is 410 g/mol. The molecule has 0 bridgehead atoms. The van der Waals surface area contributed by atoms with Crippen molar-refractivity contribution in [1.82, 2.24) is 14.8 Å². The fourth-order valence-corrected chi connectivity index (χ4v) is 4.96. The zero-order chi connectivity index (χ0) is 21.8. The Balaban J connectivity index is 1.26. The average molecular weight is 438 g/mol. The van der Waals surface area contributed by atoms with Gasteiger partial charge in [0.15, 0.2) is 5.78 Å². The van der Waals surface area contributed by atoms with Crippen molar-refractivity contribution in [1.29, 1.82) is 0 Å². The lowest BCUT2D eigenvalue weighted by Crippen LogP contribution is -2.43. The number of carbonyl (C=O) groups is 2. The molecule has 1 aliphatic rings. The average Bonchev–Trinajstić information content (AvgIpc) is 3.21. The number of amides is 1. The summed E-state index contributed by atoms with van der Waals surface area (Å²) in [5.41, 5.74) is 1.71. The topological polar surface area (TPSA) is 62.7 Å². The largest absolute Gasteiger partial charge is 0.497 e. The Morgan fingerprint density at radius 3 is 2.52 bits per heavy atom. The Hall–Kier alpha value is -2.77. The number of rotatable bonds is 7. The van der Waals surface area contributed by atoms with E-state index in [0.29, 0.717) is 13.1 Å². The summed E-state index contributed by atoms with van der Waals surface area (Å²) in [6, 6.07) is 15.3. The van der Waals surface area contributed by atoms with Crippen molar-refractivity contribution in [3.63, 3.8) is 0 Å². The number of fused-ring (bicyclic) bond motifs is 1. The molecule has 2 heterocycles. The van der Waals surface area contributed by atoms with Crippen LogP contribution in [-0.2, 0) is 11.3 Å². The Bertz CT molecular complexity index is 1020. The highest BCUT2D eigenvalue weighted by Crippen LogP contribution is 2.24. The van der Waals surface area contributed by atoms with Gasteiger partial charge in [0, 0.05) is 18.5 Å². The highest BCUT2D eigenvalue weighted by molar-refractivity contribution is 7.18. The summed E-state index contributed by atoms with van der Waals surface area (Å²) in [6.07, 6.45) is 1.56. The molecule has 0 N–H and O–H groups in total. The van der Waals surface area contributed by atoms with E-state index < -0.39 is 0 Å². The zero-order valence-electron chi connectivity index (χ0n) is 17.9. The van der Waals surface area contributed by atoms with E-state index in [9.17, 15) is 9.59 Å². The van der Waals surface area contributed by atoms with Gasteiger partial charge in [-0.2, -0.15) is 0 Å². The maximum Gasteiger partial charge on any atom is 0.236 e. The standard InChI is InChI=1S/C24H27N3O3S/c1-26(15-22-25-20-5-3-4-6-21(20)31-22)23(28)16-27-13-11-18(12-14-27)24(29)17-7-9-19(30-2)10-8-17/h3-10,18H,11-16H2,1-2H3. The molecule has 1 amide bonds. The van der Waals surface area contributed by atoms with Crippen LogP contribution in [-0.4, -0.2) is 60.3 Å². The normalized spacial score (nSPS) is 15.2. The Morgan fingerprint density at radius 1 is 1.13 bits per heavy atom. The molecule has 7 heteroatoms. The summed E-state index contributed by atoms with van der Waals surface area (Å²) >= 11 is 1.63. The van der Waals surface area contributed by atoms with Gasteiger partial charge in [-0.15, -0.1) is 11.3 Å². The molecule has 0 saturated carbocycles. The lowest BCUT2D eigenvalue weighted by Gasteiger charge is -2.31. The number of thiazole rings is 1. The Labute approximate surface area is 186 Å². The van der Waals surface area contributed by atoms with Gasteiger partial charge in [-0.3, -0.25) is 14.5 Å². The molecule has 1 aliphatic heterocycles. The van der Waals surface area contributed by atoms with Crippen LogP contribution in [0.15, 0.2) is 48.5 Å². The van der Waals surface area contributed by atoms with Crippen LogP contribution in [0.3, 0.4) is 0 Å². The van der Waals surface area contributed by atoms with Crippen LogP contribution in [0.25, 0.3) is 10.2 Å². The van der Waals surface area contributed by atoms with Crippen molar-refractivity contribution >= 4 is 33.2 Å². The van der Waals surface area contributed by atoms with Gasteiger partial charge in [-0.1, -0.05) is 12.1 Å². The molecule has 31 heavy (non-hydrogen) atoms. The molecule has 1 saturated heterocycles. The maximum atomic E-state index is 12.8. The van der Waals surface area contributed by atoms with Gasteiger partial charge in [0.05, 0.1) is 30.4 Å². The highest BCUT2D eigenvalue weighted by Gasteiger charge is 2.27. The number of likely N-dealkylation sites (N-methyl/N-ethyl adjacent to an activating group) is 1. The van der Waals surface area contributed by atoms with Crippen LogP contribution >= 0.6 is 11.3 Å². The lowest BCUT2D eigenvalue weighted by atomic mass is 9.89. The number of piperidine rings is 1. The van der Waals surface area contributed by atoms with Crippen molar-refractivity contribution in [2.24, 2.45) is 5.92 Å². The van der Waals surface area contributed by atoms with Crippen molar-refractivity contribution in [2.75, 3.05) is 33.8 Å². The molecule has 2 aromatic carbocycles. The van der Waals surface area contributed by atoms with Crippen molar-refractivity contribution in [2.45, 2.75) is 19.4 Å². The number of para-hydroxylation sites is 1. The van der Waals surface area contributed by atoms with Crippen molar-refractivity contribution < 1.29 is 14.3 Å². The van der Waals surface area contributed by atoms with Crippen molar-refractivity contribution in [3.8, 4) is 5.75 Å². The zero-order valence-corrected chi connectivity index (χ0v) is 18.7. The molecule has 4 rings (SSSR count). The van der Waals surface area contributed by atoms with Crippen molar-refractivity contribution in [3.05, 3.63) is 59.1 Å². The monoisotopic (exact) mass is 437 g/mol. The number of ketones is 1. The summed E-state index contributed by atoms with van der Waals surface area (Å²) in [5.74, 6) is 1.03. The van der Waals surface area contributed by atoms with Crippen LogP contribution in [0.4, 0.5) is 0 Å². The van der Waals surface area contributed by atoms with Gasteiger partial charge >= 0.3 is 0 Å². The molecule has 0 unspecified atom stereocenters. The molecule has 6 nitrogen and oxygen atoms in total. The number of aromatic nitrogens is 1. The molecule has 3 aromatic rings. The molecule has 1 aromatic heterocycles. The fraction of sp³-hybridized carbons (Fsp3) is 0.375. The van der Waals surface area contributed by atoms with Crippen LogP contribution in [0.5, 0.6) is 5.75 Å². The number of likely N-dealkylation sites (tertiary alicyclic amines) is 1. The molecule has 0 spiro atoms. The van der Waals surface area contributed by atoms with Gasteiger partial charge < -0.3 is 9.64 Å². The molecule has 162 valence electrons. The number of benzene rings is 2. The number of Topliss-reactive ketones (excluding diaryl/α,β-unsaturated/α-hetero) is 1. The lowest BCUT2D eigenvalue weighted by molar-refractivity contribution is -0.131. The van der Waals surface area contributed by atoms with E-state index in [0.717, 1.165) is 52.5 Å². The molecule has 0 atom stereocenters. The fourth-order valence-electron chi connectivity index (χ4n) is 3.93. The third kappa shape index (κ3) is 5.11. The third-order valence-electron chi connectivity index (χ3n) is 5.83. The summed E-state index contributed by atoms with van der Waals surface area (Å²) in [7, 11) is 3.44. The van der Waals surface area contributed by atoms with Crippen LogP contribution in [0.2, 0.25) is 0 Å². The quantitative estimate of drug-likeness (QED) is 0.525. The first-order chi connectivity index (χ1) is 15.0. The number of hydrogen-bond acceptors (Lipinski definition) is 6. The number of carbonyl (C=O) groups excluding carboxylic acids is 2. The second-order valence-corrected chi connectivity index (χ2v) is 9.08. The Kier molecular flexibility index (Phi) is 6.63. The summed E-state index contributed by atoms with van der Waals surface area (Å²) in [4.78, 5) is 34.0.